The molecule has 0 radical (unpaired) electrons. The van der Waals surface area contributed by atoms with Gasteiger partial charge in [-0.15, -0.1) is 12.4 Å². The van der Waals surface area contributed by atoms with Crippen LogP contribution in [0.25, 0.3) is 0 Å². The molecule has 1 rings (SSSR count). The Morgan fingerprint density at radius 2 is 1.92 bits per heavy atom. The molecule has 0 amide bonds. The highest BCUT2D eigenvalue weighted by atomic mass is 35.5. The average molecular weight is 202 g/mol. The van der Waals surface area contributed by atoms with Crippen LogP contribution in [0.5, 0.6) is 5.75 Å². The van der Waals surface area contributed by atoms with Crippen LogP contribution in [0.15, 0.2) is 30.3 Å². The second-order valence-corrected chi connectivity index (χ2v) is 2.96. The highest BCUT2D eigenvalue weighted by Crippen LogP contribution is 2.09. The van der Waals surface area contributed by atoms with E-state index < -0.39 is 0 Å². The van der Waals surface area contributed by atoms with E-state index in [1.165, 1.54) is 0 Å². The Balaban J connectivity index is 0.00000144. The molecule has 1 aromatic carbocycles. The molecular formula is C10H16ClNO. The van der Waals surface area contributed by atoms with Crippen LogP contribution in [-0.2, 0) is 0 Å². The van der Waals surface area contributed by atoms with Gasteiger partial charge < -0.3 is 10.5 Å². The topological polar surface area (TPSA) is 35.2 Å². The summed E-state index contributed by atoms with van der Waals surface area (Å²) in [6, 6.07) is 9.79. The largest absolute Gasteiger partial charge is 0.493 e. The van der Waals surface area contributed by atoms with Gasteiger partial charge in [-0.3, -0.25) is 0 Å². The minimum absolute atomic E-state index is 0. The molecule has 0 aliphatic heterocycles. The molecule has 0 aromatic heterocycles. The predicted molar refractivity (Wildman–Crippen MR) is 57.4 cm³/mol. The first-order chi connectivity index (χ1) is 5.83. The first-order valence-electron chi connectivity index (χ1n) is 4.21. The molecule has 0 spiro atoms. The Bertz CT molecular complexity index is 215. The van der Waals surface area contributed by atoms with E-state index >= 15 is 0 Å². The van der Waals surface area contributed by atoms with Gasteiger partial charge in [-0.2, -0.15) is 0 Å². The molecule has 13 heavy (non-hydrogen) atoms. The Labute approximate surface area is 85.5 Å². The maximum absolute atomic E-state index is 5.48. The summed E-state index contributed by atoms with van der Waals surface area (Å²) in [5.74, 6) is 1.34. The van der Waals surface area contributed by atoms with Crippen LogP contribution in [0.4, 0.5) is 0 Å². The number of benzene rings is 1. The van der Waals surface area contributed by atoms with E-state index in [1.807, 2.05) is 30.3 Å². The third-order valence-corrected chi connectivity index (χ3v) is 1.68. The second-order valence-electron chi connectivity index (χ2n) is 2.96. The van der Waals surface area contributed by atoms with E-state index in [0.29, 0.717) is 19.1 Å². The van der Waals surface area contributed by atoms with Gasteiger partial charge in [-0.05, 0) is 18.7 Å². The second kappa shape index (κ2) is 6.75. The normalized spacial score (nSPS) is 11.5. The summed E-state index contributed by atoms with van der Waals surface area (Å²) in [6.45, 7) is 3.44. The van der Waals surface area contributed by atoms with Crippen LogP contribution in [0, 0.1) is 5.92 Å². The highest BCUT2D eigenvalue weighted by Gasteiger charge is 1.98. The number of hydrogen-bond donors (Lipinski definition) is 1. The lowest BCUT2D eigenvalue weighted by atomic mass is 10.2. The summed E-state index contributed by atoms with van der Waals surface area (Å²) in [5.41, 5.74) is 5.46. The summed E-state index contributed by atoms with van der Waals surface area (Å²) in [4.78, 5) is 0. The number of ether oxygens (including phenoxy) is 1. The fraction of sp³-hybridized carbons (Fsp3) is 0.400. The van der Waals surface area contributed by atoms with Gasteiger partial charge in [0.1, 0.15) is 5.75 Å². The maximum atomic E-state index is 5.48. The molecule has 1 unspecified atom stereocenters. The van der Waals surface area contributed by atoms with Crippen molar-refractivity contribution in [3.8, 4) is 5.75 Å². The van der Waals surface area contributed by atoms with Gasteiger partial charge >= 0.3 is 0 Å². The molecule has 0 heterocycles. The van der Waals surface area contributed by atoms with Crippen molar-refractivity contribution in [1.29, 1.82) is 0 Å². The number of nitrogens with two attached hydrogens (primary N) is 1. The van der Waals surface area contributed by atoms with Crippen molar-refractivity contribution >= 4 is 12.4 Å². The predicted octanol–water partition coefficient (Wildman–Crippen LogP) is 2.08. The van der Waals surface area contributed by atoms with E-state index in [-0.39, 0.29) is 12.4 Å². The van der Waals surface area contributed by atoms with Crippen molar-refractivity contribution in [3.63, 3.8) is 0 Å². The lowest BCUT2D eigenvalue weighted by molar-refractivity contribution is 0.264. The molecule has 2 N–H and O–H groups in total. The van der Waals surface area contributed by atoms with Crippen molar-refractivity contribution in [2.24, 2.45) is 11.7 Å². The molecule has 2 nitrogen and oxygen atoms in total. The molecule has 0 fully saturated rings. The zero-order chi connectivity index (χ0) is 8.81. The van der Waals surface area contributed by atoms with E-state index in [2.05, 4.69) is 6.92 Å². The summed E-state index contributed by atoms with van der Waals surface area (Å²) in [6.07, 6.45) is 0. The molecule has 0 saturated carbocycles. The van der Waals surface area contributed by atoms with E-state index in [9.17, 15) is 0 Å². The quantitative estimate of drug-likeness (QED) is 0.810. The Morgan fingerprint density at radius 3 is 2.46 bits per heavy atom. The van der Waals surface area contributed by atoms with Crippen molar-refractivity contribution in [1.82, 2.24) is 0 Å². The maximum Gasteiger partial charge on any atom is 0.119 e. The Kier molecular flexibility index (Phi) is 6.37. The molecule has 0 saturated heterocycles. The van der Waals surface area contributed by atoms with Gasteiger partial charge in [0.05, 0.1) is 6.61 Å². The summed E-state index contributed by atoms with van der Waals surface area (Å²) in [5, 5.41) is 0. The van der Waals surface area contributed by atoms with Gasteiger partial charge in [0.25, 0.3) is 0 Å². The fourth-order valence-corrected chi connectivity index (χ4v) is 0.823. The lowest BCUT2D eigenvalue weighted by Gasteiger charge is -2.10. The monoisotopic (exact) mass is 201 g/mol. The van der Waals surface area contributed by atoms with Gasteiger partial charge in [-0.1, -0.05) is 25.1 Å². The van der Waals surface area contributed by atoms with Crippen molar-refractivity contribution < 1.29 is 4.74 Å². The molecule has 0 bridgehead atoms. The third-order valence-electron chi connectivity index (χ3n) is 1.68. The van der Waals surface area contributed by atoms with Crippen LogP contribution in [0.1, 0.15) is 6.92 Å². The van der Waals surface area contributed by atoms with Gasteiger partial charge in [-0.25, -0.2) is 0 Å². The first kappa shape index (κ1) is 12.3. The van der Waals surface area contributed by atoms with Gasteiger partial charge in [0.2, 0.25) is 0 Å². The molecule has 1 atom stereocenters. The Morgan fingerprint density at radius 1 is 1.31 bits per heavy atom. The summed E-state index contributed by atoms with van der Waals surface area (Å²) < 4.78 is 5.48. The lowest BCUT2D eigenvalue weighted by Crippen LogP contribution is -2.18. The molecule has 0 aliphatic rings. The van der Waals surface area contributed by atoms with E-state index in [4.69, 9.17) is 10.5 Å². The summed E-state index contributed by atoms with van der Waals surface area (Å²) in [7, 11) is 0. The van der Waals surface area contributed by atoms with Crippen LogP contribution < -0.4 is 10.5 Å². The highest BCUT2D eigenvalue weighted by molar-refractivity contribution is 5.85. The number of para-hydroxylation sites is 1. The standard InChI is InChI=1S/C10H15NO.ClH/c1-9(7-11)8-12-10-5-3-2-4-6-10;/h2-6,9H,7-8,11H2,1H3;1H. The number of hydrogen-bond acceptors (Lipinski definition) is 2. The molecule has 3 heteroatoms. The number of halogens is 1. The van der Waals surface area contributed by atoms with Crippen LogP contribution >= 0.6 is 12.4 Å². The molecule has 1 aromatic rings. The molecular weight excluding hydrogens is 186 g/mol. The zero-order valence-electron chi connectivity index (χ0n) is 7.77. The van der Waals surface area contributed by atoms with Gasteiger partial charge in [0, 0.05) is 5.92 Å². The van der Waals surface area contributed by atoms with Crippen LogP contribution in [-0.4, -0.2) is 13.2 Å². The molecule has 0 aliphatic carbocycles. The van der Waals surface area contributed by atoms with Crippen LogP contribution in [0.2, 0.25) is 0 Å². The van der Waals surface area contributed by atoms with E-state index in [0.717, 1.165) is 5.75 Å². The van der Waals surface area contributed by atoms with Crippen molar-refractivity contribution in [2.75, 3.05) is 13.2 Å². The zero-order valence-corrected chi connectivity index (χ0v) is 8.59. The van der Waals surface area contributed by atoms with E-state index in [1.54, 1.807) is 0 Å². The average Bonchev–Trinajstić information content (AvgIpc) is 2.16. The minimum Gasteiger partial charge on any atom is -0.493 e. The van der Waals surface area contributed by atoms with Crippen molar-refractivity contribution in [2.45, 2.75) is 6.92 Å². The van der Waals surface area contributed by atoms with Gasteiger partial charge in [0.15, 0.2) is 0 Å². The minimum atomic E-state index is 0. The SMILES string of the molecule is CC(CN)COc1ccccc1.Cl. The summed E-state index contributed by atoms with van der Waals surface area (Å²) >= 11 is 0. The smallest absolute Gasteiger partial charge is 0.119 e. The number of rotatable bonds is 4. The van der Waals surface area contributed by atoms with Crippen molar-refractivity contribution in [3.05, 3.63) is 30.3 Å². The first-order valence-corrected chi connectivity index (χ1v) is 4.21. The Hall–Kier alpha value is -0.730. The molecule has 74 valence electrons. The van der Waals surface area contributed by atoms with Crippen LogP contribution in [0.3, 0.4) is 0 Å². The fourth-order valence-electron chi connectivity index (χ4n) is 0.823. The third kappa shape index (κ3) is 4.76.